The van der Waals surface area contributed by atoms with E-state index in [-0.39, 0.29) is 151 Å². The number of carboxylic acid groups (broad SMARTS) is 2. The Kier molecular flexibility index (Phi) is 66.2. The molecule has 4 atom stereocenters. The molecule has 0 radical (unpaired) electrons. The molecule has 0 aliphatic carbocycles. The van der Waals surface area contributed by atoms with Crippen LogP contribution in [-0.2, 0) is 78.2 Å². The van der Waals surface area contributed by atoms with Gasteiger partial charge in [0.1, 0.15) is 66.7 Å². The molecule has 0 saturated carbocycles. The van der Waals surface area contributed by atoms with Gasteiger partial charge >= 0.3 is 69.3 Å². The molecular formula is C71H111KN5O22-. The Morgan fingerprint density at radius 1 is 0.677 bits per heavy atom. The smallest absolute Gasteiger partial charge is 0.870 e. The number of likely N-dealkylation sites (N-methyl/N-ethyl adjacent to an activating group) is 1. The third-order valence-electron chi connectivity index (χ3n) is 14.5. The molecule has 2 aromatic rings. The second kappa shape index (κ2) is 64.8. The minimum atomic E-state index is -1.29. The number of aliphatic hydroxyl groups is 2. The number of nitrogens with one attached hydrogen (secondary N) is 1. The van der Waals surface area contributed by atoms with Crippen LogP contribution in [0.25, 0.3) is 11.1 Å². The van der Waals surface area contributed by atoms with Crippen molar-refractivity contribution in [2.45, 2.75) is 220 Å². The molecule has 554 valence electrons. The third-order valence-corrected chi connectivity index (χ3v) is 14.5. The second-order valence-electron chi connectivity index (χ2n) is 22.9. The number of ether oxygens (including phenoxy) is 4. The summed E-state index contributed by atoms with van der Waals surface area (Å²) in [5.41, 5.74) is 13.5. The predicted molar refractivity (Wildman–Crippen MR) is 365 cm³/mol. The van der Waals surface area contributed by atoms with Crippen LogP contribution in [0.5, 0.6) is 11.5 Å². The van der Waals surface area contributed by atoms with Crippen LogP contribution in [0.15, 0.2) is 36.4 Å². The number of aliphatic hydroxyl groups excluding tert-OH is 2. The molecule has 2 amide bonds. The summed E-state index contributed by atoms with van der Waals surface area (Å²) >= 11 is 0. The molecule has 1 aliphatic rings. The predicted octanol–water partition coefficient (Wildman–Crippen LogP) is 4.98. The number of amides is 2. The summed E-state index contributed by atoms with van der Waals surface area (Å²) in [6, 6.07) is 9.81. The monoisotopic (exact) mass is 1420 g/mol. The Bertz CT molecular complexity index is 2760. The average Bonchev–Trinajstić information content (AvgIpc) is 0.782. The van der Waals surface area contributed by atoms with E-state index < -0.39 is 90.6 Å². The SMILES string of the molecule is CC(=O)CC(=O)C[C@@H](CO)C(=O)N(C)[C@@H]1C(=O)C[C@@H](C)C(=O)N[C@H](C(=O)CCC#N)Cc2ccc(OCCN)c(c2)-c2cc1ccc2OCCN.CCCCCCCC(=O)CC(=O)O.CCCCCCCC(=O)CC(=O)OC.CCCCCCCC(=O)O.CO.COC(=O)C[C-]=O.[K+].[OH-]. The Morgan fingerprint density at radius 3 is 1.60 bits per heavy atom. The first kappa shape index (κ1) is 101. The number of carbonyl (C=O) groups excluding carboxylic acids is 11. The van der Waals surface area contributed by atoms with Crippen LogP contribution in [0, 0.1) is 23.2 Å². The van der Waals surface area contributed by atoms with Gasteiger partial charge in [-0.25, -0.2) is 0 Å². The fraction of sp³-hybridized carbons (Fsp3) is 0.634. The maximum Gasteiger partial charge on any atom is 1.00 e. The number of aliphatic carboxylic acids is 2. The number of methoxy groups -OCH3 is 2. The zero-order chi connectivity index (χ0) is 74.1. The van der Waals surface area contributed by atoms with Crippen molar-refractivity contribution in [3.05, 3.63) is 47.5 Å². The van der Waals surface area contributed by atoms with Crippen molar-refractivity contribution in [3.63, 3.8) is 0 Å². The van der Waals surface area contributed by atoms with Crippen molar-refractivity contribution in [2.24, 2.45) is 23.3 Å². The van der Waals surface area contributed by atoms with Gasteiger partial charge < -0.3 is 71.3 Å². The molecule has 4 bridgehead atoms. The molecule has 2 aromatic carbocycles. The number of unbranched alkanes of at least 4 members (excludes halogenated alkanes) is 12. The first-order chi connectivity index (χ1) is 46.3. The molecular weight excluding hydrogens is 1310 g/mol. The number of ketones is 6. The van der Waals surface area contributed by atoms with Gasteiger partial charge in [-0.2, -0.15) is 5.26 Å². The molecule has 0 aromatic heterocycles. The minimum absolute atomic E-state index is 0. The van der Waals surface area contributed by atoms with E-state index >= 15 is 0 Å². The van der Waals surface area contributed by atoms with E-state index in [2.05, 4.69) is 35.6 Å². The Labute approximate surface area is 627 Å². The van der Waals surface area contributed by atoms with Crippen LogP contribution < -0.4 is 77.6 Å². The molecule has 0 spiro atoms. The second-order valence-corrected chi connectivity index (χ2v) is 22.9. The van der Waals surface area contributed by atoms with E-state index in [0.717, 1.165) is 57.0 Å². The van der Waals surface area contributed by atoms with E-state index in [0.29, 0.717) is 53.0 Å². The molecule has 3 rings (SSSR count). The van der Waals surface area contributed by atoms with Crippen molar-refractivity contribution >= 4 is 76.7 Å². The van der Waals surface area contributed by atoms with Crippen LogP contribution in [0.3, 0.4) is 0 Å². The van der Waals surface area contributed by atoms with E-state index in [1.165, 1.54) is 92.8 Å². The Balaban J connectivity index is -0.000000493. The fourth-order valence-electron chi connectivity index (χ4n) is 9.42. The van der Waals surface area contributed by atoms with Crippen LogP contribution in [0.2, 0.25) is 0 Å². The van der Waals surface area contributed by atoms with Gasteiger partial charge in [0, 0.05) is 89.2 Å². The van der Waals surface area contributed by atoms with Crippen molar-refractivity contribution in [1.82, 2.24) is 10.2 Å². The summed E-state index contributed by atoms with van der Waals surface area (Å²) in [4.78, 5) is 152. The third kappa shape index (κ3) is 49.6. The summed E-state index contributed by atoms with van der Waals surface area (Å²) < 4.78 is 20.5. The van der Waals surface area contributed by atoms with Gasteiger partial charge in [0.25, 0.3) is 5.97 Å². The van der Waals surface area contributed by atoms with Crippen molar-refractivity contribution in [3.8, 4) is 28.7 Å². The number of hydrogen-bond donors (Lipinski definition) is 7. The summed E-state index contributed by atoms with van der Waals surface area (Å²) in [6.07, 6.45) is 17.4. The maximum atomic E-state index is 14.2. The summed E-state index contributed by atoms with van der Waals surface area (Å²) in [6.45, 7) is 9.23. The number of carbonyl (C=O) groups is 12. The first-order valence-corrected chi connectivity index (χ1v) is 33.2. The molecule has 0 unspecified atom stereocenters. The maximum absolute atomic E-state index is 14.2. The van der Waals surface area contributed by atoms with Gasteiger partial charge in [0.15, 0.2) is 11.6 Å². The number of fused-ring (bicyclic) bond motifs is 5. The number of hydrogen-bond acceptors (Lipinski definition) is 23. The molecule has 1 heterocycles. The van der Waals surface area contributed by atoms with Gasteiger partial charge in [-0.05, 0) is 68.0 Å². The molecule has 0 fully saturated rings. The molecule has 27 nitrogen and oxygen atoms in total. The number of nitrogens with zero attached hydrogens (tertiary/aromatic N) is 2. The number of nitrogens with two attached hydrogens (primary N) is 2. The van der Waals surface area contributed by atoms with Crippen LogP contribution in [0.1, 0.15) is 219 Å². The number of nitriles is 1. The average molecular weight is 1430 g/mol. The topological polar surface area (TPSA) is 461 Å². The van der Waals surface area contributed by atoms with Crippen LogP contribution >= 0.6 is 0 Å². The van der Waals surface area contributed by atoms with Gasteiger partial charge in [-0.3, -0.25) is 63.8 Å². The molecule has 1 aliphatic heterocycles. The van der Waals surface area contributed by atoms with E-state index in [1.54, 1.807) is 36.4 Å². The quantitative estimate of drug-likeness (QED) is 0.0152. The van der Waals surface area contributed by atoms with Crippen LogP contribution in [0.4, 0.5) is 0 Å². The number of esters is 2. The van der Waals surface area contributed by atoms with Gasteiger partial charge in [0.05, 0.1) is 45.3 Å². The largest absolute Gasteiger partial charge is 1.00 e. The summed E-state index contributed by atoms with van der Waals surface area (Å²) in [7, 11) is 4.90. The molecule has 28 heteroatoms. The number of benzene rings is 2. The van der Waals surface area contributed by atoms with Gasteiger partial charge in [-0.1, -0.05) is 123 Å². The van der Waals surface area contributed by atoms with Gasteiger partial charge in [-0.15, -0.1) is 0 Å². The zero-order valence-electron chi connectivity index (χ0n) is 60.1. The number of carboxylic acids is 2. The number of rotatable bonds is 40. The molecule has 10 N–H and O–H groups in total. The summed E-state index contributed by atoms with van der Waals surface area (Å²) in [5.74, 6) is -7.26. The Morgan fingerprint density at radius 2 is 1.16 bits per heavy atom. The molecule has 99 heavy (non-hydrogen) atoms. The first-order valence-electron chi connectivity index (χ1n) is 33.2. The zero-order valence-corrected chi connectivity index (χ0v) is 63.2. The fourth-order valence-corrected chi connectivity index (χ4v) is 9.42. The van der Waals surface area contributed by atoms with E-state index in [4.69, 9.17) is 41.5 Å². The van der Waals surface area contributed by atoms with Crippen molar-refractivity contribution in [1.29, 1.82) is 5.26 Å². The standard InChI is InChI=1S/C37H47N5O9.C11H20O3.C10H18O3.C8H16O2.C4H5O3.CH4O.K.H2O/c1-22-15-32(47)35(42(3)37(49)26(21-43)19-27(45)16-23(2)44)25-7-9-34(51-14-12-40)29(20-25)28-17-24(6-8-33(28)50-13-11-39)18-30(41-36(22)48)31(46)5-4-10-38;1-3-4-5-6-7-8-10(12)9-11(13)14-2;1-2-3-4-5-6-7-9(11)8-10(12)13;1-2-3-4-5-6-7-8(9)10;1-7-4(6)2-3-5;1-2;;/h6-9,17,20,22,26,30,35,43H,4-5,11-16,18-19,21,39-40H2,1-3H3,(H,41,48);3-9H2,1-2H3;2-8H2,1H3,(H,12,13);2-7H2,1H3,(H,9,10);2H2,1H3;2H,1H3;;1H2/q;;;;-1;;+1;/p-1/t22-,26+,30+,35+;;;;;;;/m1......./s1. The van der Waals surface area contributed by atoms with E-state index in [1.807, 2.05) is 6.07 Å². The number of Topliss-reactive ketones (excluding diaryl/α,β-unsaturated/α-hetero) is 6. The Hall–Kier alpha value is -6.52. The van der Waals surface area contributed by atoms with Crippen molar-refractivity contribution < 1.29 is 159 Å². The molecule has 0 saturated heterocycles. The van der Waals surface area contributed by atoms with Crippen LogP contribution in [-0.4, -0.2) is 175 Å². The normalized spacial score (nSPS) is 13.6. The van der Waals surface area contributed by atoms with Gasteiger partial charge in [0.2, 0.25) is 11.8 Å². The minimum Gasteiger partial charge on any atom is -0.870 e. The van der Waals surface area contributed by atoms with Crippen molar-refractivity contribution in [2.75, 3.05) is 61.3 Å². The summed E-state index contributed by atoms with van der Waals surface area (Å²) in [5, 5.41) is 45.6. The van der Waals surface area contributed by atoms with E-state index in [9.17, 15) is 67.4 Å².